The Balaban J connectivity index is 1.55. The van der Waals surface area contributed by atoms with Gasteiger partial charge in [0, 0.05) is 35.1 Å². The van der Waals surface area contributed by atoms with Crippen LogP contribution in [0.3, 0.4) is 0 Å². The van der Waals surface area contributed by atoms with Gasteiger partial charge in [-0.3, -0.25) is 4.79 Å². The number of nitrogens with one attached hydrogen (secondary N) is 1. The van der Waals surface area contributed by atoms with Crippen LogP contribution < -0.4 is 5.32 Å². The first-order valence-electron chi connectivity index (χ1n) is 9.94. The summed E-state index contributed by atoms with van der Waals surface area (Å²) >= 11 is 3.16. The largest absolute Gasteiger partial charge is 0.331 e. The number of hydrogen-bond acceptors (Lipinski definition) is 8. The monoisotopic (exact) mass is 440 g/mol. The molecule has 0 aliphatic carbocycles. The lowest BCUT2D eigenvalue weighted by Crippen LogP contribution is -2.38. The van der Waals surface area contributed by atoms with E-state index in [-0.39, 0.29) is 11.9 Å². The molecular weight excluding hydrogens is 416 g/mol. The van der Waals surface area contributed by atoms with Crippen molar-refractivity contribution in [3.05, 3.63) is 50.8 Å². The summed E-state index contributed by atoms with van der Waals surface area (Å²) in [6.07, 6.45) is 8.21. The number of aromatic nitrogens is 4. The fourth-order valence-electron chi connectivity index (χ4n) is 3.56. The summed E-state index contributed by atoms with van der Waals surface area (Å²) in [6, 6.07) is 1.88. The zero-order valence-corrected chi connectivity index (χ0v) is 18.9. The van der Waals surface area contributed by atoms with Gasteiger partial charge in [0.05, 0.1) is 22.4 Å². The van der Waals surface area contributed by atoms with Crippen molar-refractivity contribution in [1.29, 1.82) is 0 Å². The van der Waals surface area contributed by atoms with Crippen LogP contribution >= 0.6 is 22.7 Å². The highest BCUT2D eigenvalue weighted by Crippen LogP contribution is 2.32. The number of aryl methyl sites for hydroxylation is 3. The maximum atomic E-state index is 13.0. The van der Waals surface area contributed by atoms with E-state index < -0.39 is 0 Å². The van der Waals surface area contributed by atoms with E-state index in [9.17, 15) is 4.79 Å². The Morgan fingerprint density at radius 2 is 2.10 bits per heavy atom. The molecule has 0 aromatic carbocycles. The minimum absolute atomic E-state index is 0.00771. The molecule has 0 bridgehead atoms. The average Bonchev–Trinajstić information content (AvgIpc) is 3.33. The van der Waals surface area contributed by atoms with E-state index in [1.807, 2.05) is 43.3 Å². The molecule has 1 aliphatic rings. The fraction of sp³-hybridized carbons (Fsp3) is 0.381. The molecule has 0 unspecified atom stereocenters. The Bertz CT molecular complexity index is 1070. The van der Waals surface area contributed by atoms with E-state index in [2.05, 4.69) is 25.3 Å². The molecule has 156 valence electrons. The number of likely N-dealkylation sites (tertiary alicyclic amines) is 1. The van der Waals surface area contributed by atoms with Crippen molar-refractivity contribution < 1.29 is 4.79 Å². The summed E-state index contributed by atoms with van der Waals surface area (Å²) in [5.41, 5.74) is 1.69. The van der Waals surface area contributed by atoms with Crippen LogP contribution in [0.4, 0.5) is 10.9 Å². The summed E-state index contributed by atoms with van der Waals surface area (Å²) < 4.78 is 0. The van der Waals surface area contributed by atoms with Gasteiger partial charge in [-0.1, -0.05) is 0 Å². The average molecular weight is 441 g/mol. The van der Waals surface area contributed by atoms with Gasteiger partial charge in [-0.15, -0.1) is 22.7 Å². The second-order valence-corrected chi connectivity index (χ2v) is 9.59. The SMILES string of the molecule is Cc1nc(Nc2ncc(C)s2)cc([C@H]2CCCCN2C(=O)/C=C/c2csc(C)n2)n1. The summed E-state index contributed by atoms with van der Waals surface area (Å²) in [5.74, 6) is 1.37. The molecule has 3 aromatic rings. The van der Waals surface area contributed by atoms with E-state index in [1.54, 1.807) is 34.8 Å². The normalized spacial score (nSPS) is 16.9. The molecule has 0 spiro atoms. The number of hydrogen-bond donors (Lipinski definition) is 1. The van der Waals surface area contributed by atoms with Gasteiger partial charge in [-0.25, -0.2) is 19.9 Å². The van der Waals surface area contributed by atoms with Crippen LogP contribution in [0.25, 0.3) is 6.08 Å². The van der Waals surface area contributed by atoms with Crippen LogP contribution in [0.1, 0.15) is 52.4 Å². The molecule has 1 atom stereocenters. The second-order valence-electron chi connectivity index (χ2n) is 7.29. The van der Waals surface area contributed by atoms with Crippen molar-refractivity contribution in [3.8, 4) is 0 Å². The third-order valence-corrected chi connectivity index (χ3v) is 6.49. The lowest BCUT2D eigenvalue weighted by molar-refractivity contribution is -0.129. The van der Waals surface area contributed by atoms with Crippen molar-refractivity contribution in [2.75, 3.05) is 11.9 Å². The fourth-order valence-corrected chi connectivity index (χ4v) is 4.81. The van der Waals surface area contributed by atoms with Crippen LogP contribution in [0, 0.1) is 20.8 Å². The van der Waals surface area contributed by atoms with Gasteiger partial charge in [0.2, 0.25) is 5.91 Å². The zero-order chi connectivity index (χ0) is 21.1. The highest BCUT2D eigenvalue weighted by molar-refractivity contribution is 7.15. The van der Waals surface area contributed by atoms with Gasteiger partial charge in [-0.05, 0) is 46.1 Å². The predicted molar refractivity (Wildman–Crippen MR) is 121 cm³/mol. The van der Waals surface area contributed by atoms with Crippen LogP contribution in [-0.4, -0.2) is 37.3 Å². The first-order chi connectivity index (χ1) is 14.5. The zero-order valence-electron chi connectivity index (χ0n) is 17.3. The van der Waals surface area contributed by atoms with E-state index >= 15 is 0 Å². The molecule has 9 heteroatoms. The molecule has 1 amide bonds. The number of carbonyl (C=O) groups excluding carboxylic acids is 1. The van der Waals surface area contributed by atoms with Crippen molar-refractivity contribution in [3.63, 3.8) is 0 Å². The van der Waals surface area contributed by atoms with Crippen molar-refractivity contribution in [2.24, 2.45) is 0 Å². The van der Waals surface area contributed by atoms with Gasteiger partial charge in [0.25, 0.3) is 0 Å². The molecule has 7 nitrogen and oxygen atoms in total. The molecule has 3 aromatic heterocycles. The van der Waals surface area contributed by atoms with Crippen LogP contribution in [-0.2, 0) is 4.79 Å². The van der Waals surface area contributed by atoms with Crippen molar-refractivity contribution in [2.45, 2.75) is 46.1 Å². The number of amides is 1. The van der Waals surface area contributed by atoms with Gasteiger partial charge < -0.3 is 10.2 Å². The quantitative estimate of drug-likeness (QED) is 0.572. The molecule has 1 saturated heterocycles. The third kappa shape index (κ3) is 4.91. The van der Waals surface area contributed by atoms with Crippen LogP contribution in [0.15, 0.2) is 23.7 Å². The molecule has 4 heterocycles. The van der Waals surface area contributed by atoms with Crippen LogP contribution in [0.2, 0.25) is 0 Å². The standard InChI is InChI=1S/C21H24N6OS2/c1-13-11-22-21(30-13)26-19-10-17(23-14(2)24-19)18-6-4-5-9-27(18)20(28)8-7-16-12-29-15(3)25-16/h7-8,10-12,18H,4-6,9H2,1-3H3,(H,22,23,24,26)/b8-7+/t18-/m1/s1. The number of nitrogens with zero attached hydrogens (tertiary/aromatic N) is 5. The number of carbonyl (C=O) groups is 1. The Hall–Kier alpha value is -2.65. The summed E-state index contributed by atoms with van der Waals surface area (Å²) in [4.78, 5) is 33.9. The second kappa shape index (κ2) is 9.01. The maximum Gasteiger partial charge on any atom is 0.247 e. The third-order valence-electron chi connectivity index (χ3n) is 4.87. The van der Waals surface area contributed by atoms with Gasteiger partial charge in [-0.2, -0.15) is 0 Å². The molecule has 1 N–H and O–H groups in total. The number of piperidine rings is 1. The molecular formula is C21H24N6OS2. The minimum atomic E-state index is -0.0617. The minimum Gasteiger partial charge on any atom is -0.331 e. The van der Waals surface area contributed by atoms with Gasteiger partial charge >= 0.3 is 0 Å². The first kappa shape index (κ1) is 20.6. The van der Waals surface area contributed by atoms with Crippen molar-refractivity contribution >= 4 is 45.6 Å². The van der Waals surface area contributed by atoms with E-state index in [1.165, 1.54) is 0 Å². The maximum absolute atomic E-state index is 13.0. The summed E-state index contributed by atoms with van der Waals surface area (Å²) in [6.45, 7) is 6.58. The summed E-state index contributed by atoms with van der Waals surface area (Å²) in [7, 11) is 0. The van der Waals surface area contributed by atoms with Crippen molar-refractivity contribution in [1.82, 2.24) is 24.8 Å². The predicted octanol–water partition coefficient (Wildman–Crippen LogP) is 4.83. The smallest absolute Gasteiger partial charge is 0.247 e. The highest BCUT2D eigenvalue weighted by atomic mass is 32.1. The molecule has 4 rings (SSSR count). The topological polar surface area (TPSA) is 83.9 Å². The van der Waals surface area contributed by atoms with E-state index in [4.69, 9.17) is 0 Å². The number of thiazole rings is 2. The number of anilines is 2. The lowest BCUT2D eigenvalue weighted by atomic mass is 9.98. The van der Waals surface area contributed by atoms with Gasteiger partial charge in [0.15, 0.2) is 5.13 Å². The summed E-state index contributed by atoms with van der Waals surface area (Å²) in [5, 5.41) is 7.02. The Morgan fingerprint density at radius 1 is 1.23 bits per heavy atom. The molecule has 0 radical (unpaired) electrons. The molecule has 1 aliphatic heterocycles. The van der Waals surface area contributed by atoms with Crippen LogP contribution in [0.5, 0.6) is 0 Å². The molecule has 1 fully saturated rings. The molecule has 0 saturated carbocycles. The lowest BCUT2D eigenvalue weighted by Gasteiger charge is -2.35. The number of rotatable bonds is 5. The highest BCUT2D eigenvalue weighted by Gasteiger charge is 2.28. The Kier molecular flexibility index (Phi) is 6.19. The van der Waals surface area contributed by atoms with E-state index in [0.29, 0.717) is 11.6 Å². The Morgan fingerprint density at radius 3 is 2.83 bits per heavy atom. The Labute approximate surface area is 183 Å². The van der Waals surface area contributed by atoms with Gasteiger partial charge in [0.1, 0.15) is 11.6 Å². The molecule has 30 heavy (non-hydrogen) atoms. The van der Waals surface area contributed by atoms with E-state index in [0.717, 1.165) is 52.2 Å². The first-order valence-corrected chi connectivity index (χ1v) is 11.6.